The van der Waals surface area contributed by atoms with E-state index in [1.165, 1.54) is 17.3 Å². The van der Waals surface area contributed by atoms with Gasteiger partial charge in [0.1, 0.15) is 0 Å². The molecular weight excluding hydrogens is 436 g/mol. The third-order valence-corrected chi connectivity index (χ3v) is 7.40. The van der Waals surface area contributed by atoms with Crippen molar-refractivity contribution in [3.05, 3.63) is 96.3 Å². The largest absolute Gasteiger partial charge is 0.464 e. The first kappa shape index (κ1) is 20.9. The van der Waals surface area contributed by atoms with Crippen LogP contribution in [0, 0.1) is 6.92 Å². The van der Waals surface area contributed by atoms with Crippen LogP contribution in [0.15, 0.2) is 90.0 Å². The lowest BCUT2D eigenvalue weighted by Gasteiger charge is -2.14. The number of hydrogen-bond acceptors (Lipinski definition) is 5. The summed E-state index contributed by atoms with van der Waals surface area (Å²) in [5, 5.41) is 1.36. The highest BCUT2D eigenvalue weighted by Gasteiger charge is 2.29. The quantitative estimate of drug-likeness (QED) is 0.348. The molecule has 0 atom stereocenters. The van der Waals surface area contributed by atoms with Crippen LogP contribution in [0.4, 0.5) is 0 Å². The zero-order valence-electron chi connectivity index (χ0n) is 18.0. The number of benzene rings is 3. The molecule has 0 aliphatic heterocycles. The van der Waals surface area contributed by atoms with Crippen molar-refractivity contribution in [1.82, 2.24) is 8.96 Å². The fourth-order valence-electron chi connectivity index (χ4n) is 4.10. The highest BCUT2D eigenvalue weighted by atomic mass is 32.2. The van der Waals surface area contributed by atoms with Crippen molar-refractivity contribution in [2.24, 2.45) is 0 Å². The summed E-state index contributed by atoms with van der Waals surface area (Å²) in [4.78, 5) is 17.3. The number of carbonyl (C=O) groups is 1. The van der Waals surface area contributed by atoms with Gasteiger partial charge in [-0.1, -0.05) is 66.2 Å². The summed E-state index contributed by atoms with van der Waals surface area (Å²) in [5.41, 5.74) is 2.98. The van der Waals surface area contributed by atoms with Crippen molar-refractivity contribution in [2.45, 2.75) is 11.8 Å². The first-order chi connectivity index (χ1) is 15.9. The molecule has 5 aromatic rings. The molecule has 2 heterocycles. The maximum Gasteiger partial charge on any atom is 0.357 e. The number of para-hydroxylation sites is 1. The number of aromatic nitrogens is 2. The van der Waals surface area contributed by atoms with Crippen LogP contribution in [-0.2, 0) is 14.8 Å². The average Bonchev–Trinajstić information content (AvgIpc) is 3.19. The van der Waals surface area contributed by atoms with E-state index in [0.717, 1.165) is 10.9 Å². The predicted octanol–water partition coefficient (Wildman–Crippen LogP) is 5.19. The maximum absolute atomic E-state index is 14.0. The standard InChI is InChI=1S/C26H20N2O4S/c1-17-12-14-19(15-13-17)33(30,31)28-22-11-7-6-10-20(22)21-16-27-24(26(29)32-2)23(25(21)28)18-8-4-3-5-9-18/h3-16H,1-2H3. The molecule has 5 rings (SSSR count). The minimum absolute atomic E-state index is 0.0550. The Kier molecular flexibility index (Phi) is 4.98. The molecule has 0 radical (unpaired) electrons. The summed E-state index contributed by atoms with van der Waals surface area (Å²) in [6.45, 7) is 1.90. The molecule has 0 amide bonds. The number of methoxy groups -OCH3 is 1. The molecule has 164 valence electrons. The Morgan fingerprint density at radius 2 is 1.55 bits per heavy atom. The molecule has 0 saturated carbocycles. The van der Waals surface area contributed by atoms with Crippen LogP contribution >= 0.6 is 0 Å². The molecule has 7 heteroatoms. The van der Waals surface area contributed by atoms with Gasteiger partial charge in [-0.2, -0.15) is 0 Å². The van der Waals surface area contributed by atoms with Gasteiger partial charge in [0.05, 0.1) is 23.0 Å². The van der Waals surface area contributed by atoms with E-state index in [0.29, 0.717) is 27.5 Å². The number of rotatable bonds is 4. The molecule has 33 heavy (non-hydrogen) atoms. The number of pyridine rings is 1. The molecule has 0 N–H and O–H groups in total. The van der Waals surface area contributed by atoms with Gasteiger partial charge in [0.15, 0.2) is 5.69 Å². The Hall–Kier alpha value is -3.97. The van der Waals surface area contributed by atoms with Crippen molar-refractivity contribution in [1.29, 1.82) is 0 Å². The van der Waals surface area contributed by atoms with Crippen molar-refractivity contribution in [2.75, 3.05) is 7.11 Å². The Bertz CT molecular complexity index is 1620. The van der Waals surface area contributed by atoms with Crippen molar-refractivity contribution in [3.63, 3.8) is 0 Å². The van der Waals surface area contributed by atoms with Gasteiger partial charge in [-0.05, 0) is 30.7 Å². The number of carbonyl (C=O) groups excluding carboxylic acids is 1. The van der Waals surface area contributed by atoms with Gasteiger partial charge in [0.25, 0.3) is 10.0 Å². The maximum atomic E-state index is 14.0. The minimum Gasteiger partial charge on any atom is -0.464 e. The van der Waals surface area contributed by atoms with Gasteiger partial charge in [-0.3, -0.25) is 0 Å². The minimum atomic E-state index is -4.01. The van der Waals surface area contributed by atoms with Crippen molar-refractivity contribution >= 4 is 37.8 Å². The summed E-state index contributed by atoms with van der Waals surface area (Å²) < 4.78 is 34.3. The summed E-state index contributed by atoms with van der Waals surface area (Å²) in [7, 11) is -2.73. The summed E-state index contributed by atoms with van der Waals surface area (Å²) in [6, 6.07) is 23.1. The Morgan fingerprint density at radius 3 is 2.24 bits per heavy atom. The van der Waals surface area contributed by atoms with E-state index in [4.69, 9.17) is 4.74 Å². The summed E-state index contributed by atoms with van der Waals surface area (Å²) in [6.07, 6.45) is 1.54. The lowest BCUT2D eigenvalue weighted by atomic mass is 10.0. The van der Waals surface area contributed by atoms with E-state index < -0.39 is 16.0 Å². The van der Waals surface area contributed by atoms with Gasteiger partial charge >= 0.3 is 5.97 Å². The second-order valence-corrected chi connectivity index (χ2v) is 9.49. The van der Waals surface area contributed by atoms with Gasteiger partial charge in [0.2, 0.25) is 0 Å². The van der Waals surface area contributed by atoms with Crippen molar-refractivity contribution in [3.8, 4) is 11.1 Å². The average molecular weight is 457 g/mol. The van der Waals surface area contributed by atoms with Crippen LogP contribution in [0.2, 0.25) is 0 Å². The van der Waals surface area contributed by atoms with Crippen LogP contribution in [0.25, 0.3) is 32.9 Å². The first-order valence-corrected chi connectivity index (χ1v) is 11.8. The monoisotopic (exact) mass is 456 g/mol. The highest BCUT2D eigenvalue weighted by Crippen LogP contribution is 2.39. The van der Waals surface area contributed by atoms with E-state index in [1.807, 2.05) is 49.4 Å². The number of nitrogens with zero attached hydrogens (tertiary/aromatic N) is 2. The number of aryl methyl sites for hydroxylation is 1. The second kappa shape index (κ2) is 7.86. The molecular formula is C26H20N2O4S. The Morgan fingerprint density at radius 1 is 0.879 bits per heavy atom. The number of esters is 1. The number of hydrogen-bond donors (Lipinski definition) is 0. The van der Waals surface area contributed by atoms with Gasteiger partial charge in [-0.15, -0.1) is 0 Å². The normalized spacial score (nSPS) is 11.7. The predicted molar refractivity (Wildman–Crippen MR) is 128 cm³/mol. The molecule has 0 bridgehead atoms. The summed E-state index contributed by atoms with van der Waals surface area (Å²) in [5.74, 6) is -0.639. The van der Waals surface area contributed by atoms with E-state index in [2.05, 4.69) is 4.98 Å². The molecule has 3 aromatic carbocycles. The Balaban J connectivity index is 2.01. The zero-order chi connectivity index (χ0) is 23.2. The smallest absolute Gasteiger partial charge is 0.357 e. The topological polar surface area (TPSA) is 78.3 Å². The second-order valence-electron chi connectivity index (χ2n) is 7.70. The lowest BCUT2D eigenvalue weighted by molar-refractivity contribution is 0.0595. The number of ether oxygens (including phenoxy) is 1. The molecule has 6 nitrogen and oxygen atoms in total. The van der Waals surface area contributed by atoms with Gasteiger partial charge in [0, 0.05) is 22.5 Å². The molecule has 0 saturated heterocycles. The first-order valence-electron chi connectivity index (χ1n) is 10.3. The summed E-state index contributed by atoms with van der Waals surface area (Å²) >= 11 is 0. The van der Waals surface area contributed by atoms with E-state index in [-0.39, 0.29) is 10.6 Å². The third-order valence-electron chi connectivity index (χ3n) is 5.67. The van der Waals surface area contributed by atoms with Crippen LogP contribution < -0.4 is 0 Å². The lowest BCUT2D eigenvalue weighted by Crippen LogP contribution is -2.15. The van der Waals surface area contributed by atoms with E-state index in [1.54, 1.807) is 36.4 Å². The number of fused-ring (bicyclic) bond motifs is 3. The van der Waals surface area contributed by atoms with Crippen LogP contribution in [0.3, 0.4) is 0 Å². The van der Waals surface area contributed by atoms with Crippen molar-refractivity contribution < 1.29 is 17.9 Å². The molecule has 2 aromatic heterocycles. The molecule has 0 aliphatic rings. The van der Waals surface area contributed by atoms with Gasteiger partial charge < -0.3 is 4.74 Å². The fourth-order valence-corrected chi connectivity index (χ4v) is 5.64. The van der Waals surface area contributed by atoms with E-state index in [9.17, 15) is 13.2 Å². The zero-order valence-corrected chi connectivity index (χ0v) is 18.8. The molecule has 0 spiro atoms. The Labute approximate surface area is 191 Å². The molecule has 0 fully saturated rings. The van der Waals surface area contributed by atoms with Crippen LogP contribution in [0.1, 0.15) is 16.1 Å². The third kappa shape index (κ3) is 3.29. The van der Waals surface area contributed by atoms with Crippen LogP contribution in [0.5, 0.6) is 0 Å². The molecule has 0 aliphatic carbocycles. The fraction of sp³-hybridized carbons (Fsp3) is 0.0769. The molecule has 0 unspecified atom stereocenters. The van der Waals surface area contributed by atoms with E-state index >= 15 is 0 Å². The van der Waals surface area contributed by atoms with Gasteiger partial charge in [-0.25, -0.2) is 22.2 Å². The highest BCUT2D eigenvalue weighted by molar-refractivity contribution is 7.90. The van der Waals surface area contributed by atoms with Crippen LogP contribution in [-0.4, -0.2) is 30.5 Å². The SMILES string of the molecule is COC(=O)c1ncc2c3ccccc3n(S(=O)(=O)c3ccc(C)cc3)c2c1-c1ccccc1.